The molecule has 0 atom stereocenters. The molecule has 0 spiro atoms. The van der Waals surface area contributed by atoms with Crippen molar-refractivity contribution in [2.75, 3.05) is 12.4 Å². The topological polar surface area (TPSA) is 54.0 Å². The molecule has 2 heterocycles. The first-order chi connectivity index (χ1) is 8.69. The Kier molecular flexibility index (Phi) is 3.94. The van der Waals surface area contributed by atoms with Gasteiger partial charge in [0.1, 0.15) is 11.5 Å². The number of rotatable bonds is 4. The average Bonchev–Trinajstić information content (AvgIpc) is 2.82. The van der Waals surface area contributed by atoms with Crippen molar-refractivity contribution in [1.29, 1.82) is 0 Å². The maximum Gasteiger partial charge on any atom is 0.270 e. The SMILES string of the molecule is CNc1cccc(C(=O)NCc2ccc(C)s2)n1. The van der Waals surface area contributed by atoms with Gasteiger partial charge in [-0.3, -0.25) is 4.79 Å². The summed E-state index contributed by atoms with van der Waals surface area (Å²) >= 11 is 1.69. The summed E-state index contributed by atoms with van der Waals surface area (Å²) in [6.07, 6.45) is 0. The largest absolute Gasteiger partial charge is 0.373 e. The van der Waals surface area contributed by atoms with Crippen molar-refractivity contribution >= 4 is 23.1 Å². The summed E-state index contributed by atoms with van der Waals surface area (Å²) in [4.78, 5) is 18.5. The van der Waals surface area contributed by atoms with Crippen LogP contribution in [0.15, 0.2) is 30.3 Å². The van der Waals surface area contributed by atoms with Crippen LogP contribution in [0.3, 0.4) is 0 Å². The van der Waals surface area contributed by atoms with Crippen LogP contribution in [0.25, 0.3) is 0 Å². The van der Waals surface area contributed by atoms with Gasteiger partial charge in [-0.2, -0.15) is 0 Å². The predicted molar refractivity (Wildman–Crippen MR) is 74.0 cm³/mol. The van der Waals surface area contributed by atoms with E-state index in [9.17, 15) is 4.79 Å². The maximum atomic E-state index is 11.9. The summed E-state index contributed by atoms with van der Waals surface area (Å²) in [5.41, 5.74) is 0.426. The highest BCUT2D eigenvalue weighted by molar-refractivity contribution is 7.11. The monoisotopic (exact) mass is 261 g/mol. The second-order valence-electron chi connectivity index (χ2n) is 3.85. The van der Waals surface area contributed by atoms with Gasteiger partial charge < -0.3 is 10.6 Å². The zero-order valence-corrected chi connectivity index (χ0v) is 11.2. The maximum absolute atomic E-state index is 11.9. The standard InChI is InChI=1S/C13H15N3OS/c1-9-6-7-10(18-9)8-15-13(17)11-4-3-5-12(14-2)16-11/h3-7H,8H2,1-2H3,(H,14,16)(H,15,17). The highest BCUT2D eigenvalue weighted by Crippen LogP contribution is 2.14. The minimum atomic E-state index is -0.154. The molecule has 2 rings (SSSR count). The molecule has 0 saturated heterocycles. The lowest BCUT2D eigenvalue weighted by Crippen LogP contribution is -2.23. The zero-order chi connectivity index (χ0) is 13.0. The number of hydrogen-bond donors (Lipinski definition) is 2. The Morgan fingerprint density at radius 1 is 1.33 bits per heavy atom. The minimum Gasteiger partial charge on any atom is -0.373 e. The molecule has 5 heteroatoms. The van der Waals surface area contributed by atoms with Crippen LogP contribution in [0.1, 0.15) is 20.2 Å². The van der Waals surface area contributed by atoms with E-state index in [1.54, 1.807) is 24.5 Å². The molecule has 0 aliphatic rings. The molecule has 4 nitrogen and oxygen atoms in total. The van der Waals surface area contributed by atoms with Crippen LogP contribution in [0.4, 0.5) is 5.82 Å². The number of thiophene rings is 1. The number of aromatic nitrogens is 1. The second-order valence-corrected chi connectivity index (χ2v) is 5.23. The van der Waals surface area contributed by atoms with Crippen molar-refractivity contribution < 1.29 is 4.79 Å². The quantitative estimate of drug-likeness (QED) is 0.888. The Morgan fingerprint density at radius 2 is 2.17 bits per heavy atom. The Morgan fingerprint density at radius 3 is 2.83 bits per heavy atom. The van der Waals surface area contributed by atoms with Crippen molar-refractivity contribution in [2.45, 2.75) is 13.5 Å². The third-order valence-corrected chi connectivity index (χ3v) is 3.46. The highest BCUT2D eigenvalue weighted by Gasteiger charge is 2.07. The van der Waals surface area contributed by atoms with Crippen molar-refractivity contribution in [1.82, 2.24) is 10.3 Å². The first-order valence-corrected chi connectivity index (χ1v) is 6.49. The normalized spacial score (nSPS) is 10.1. The van der Waals surface area contributed by atoms with Crippen LogP contribution >= 0.6 is 11.3 Å². The number of aryl methyl sites for hydroxylation is 1. The number of hydrogen-bond acceptors (Lipinski definition) is 4. The van der Waals surface area contributed by atoms with Gasteiger partial charge in [-0.1, -0.05) is 6.07 Å². The molecule has 0 aromatic carbocycles. The van der Waals surface area contributed by atoms with Gasteiger partial charge in [0.15, 0.2) is 0 Å². The lowest BCUT2D eigenvalue weighted by Gasteiger charge is -2.04. The van der Waals surface area contributed by atoms with Gasteiger partial charge in [0.2, 0.25) is 0 Å². The molecule has 0 unspecified atom stereocenters. The molecule has 2 aromatic rings. The van der Waals surface area contributed by atoms with Crippen LogP contribution in [0, 0.1) is 6.92 Å². The molecule has 0 radical (unpaired) electrons. The summed E-state index contributed by atoms with van der Waals surface area (Å²) in [5, 5.41) is 5.77. The fraction of sp³-hybridized carbons (Fsp3) is 0.231. The van der Waals surface area contributed by atoms with Gasteiger partial charge in [0.05, 0.1) is 6.54 Å². The number of nitrogens with one attached hydrogen (secondary N) is 2. The molecular weight excluding hydrogens is 246 g/mol. The number of carbonyl (C=O) groups excluding carboxylic acids is 1. The number of amides is 1. The molecule has 1 amide bonds. The van der Waals surface area contributed by atoms with E-state index in [1.807, 2.05) is 31.2 Å². The number of carbonyl (C=O) groups is 1. The van der Waals surface area contributed by atoms with Crippen LogP contribution in [0.2, 0.25) is 0 Å². The number of nitrogens with zero attached hydrogens (tertiary/aromatic N) is 1. The van der Waals surface area contributed by atoms with E-state index in [-0.39, 0.29) is 5.91 Å². The second kappa shape index (κ2) is 5.64. The Hall–Kier alpha value is -1.88. The fourth-order valence-electron chi connectivity index (χ4n) is 1.54. The van der Waals surface area contributed by atoms with Gasteiger partial charge >= 0.3 is 0 Å². The molecule has 2 N–H and O–H groups in total. The number of pyridine rings is 1. The molecule has 18 heavy (non-hydrogen) atoms. The van der Waals surface area contributed by atoms with Crippen molar-refractivity contribution in [3.8, 4) is 0 Å². The van der Waals surface area contributed by atoms with E-state index in [0.717, 1.165) is 4.88 Å². The van der Waals surface area contributed by atoms with Gasteiger partial charge in [-0.05, 0) is 31.2 Å². The van der Waals surface area contributed by atoms with Crippen molar-refractivity contribution in [3.63, 3.8) is 0 Å². The van der Waals surface area contributed by atoms with E-state index in [1.165, 1.54) is 4.88 Å². The van der Waals surface area contributed by atoms with E-state index in [2.05, 4.69) is 15.6 Å². The summed E-state index contributed by atoms with van der Waals surface area (Å²) < 4.78 is 0. The minimum absolute atomic E-state index is 0.154. The third kappa shape index (κ3) is 3.07. The molecule has 0 fully saturated rings. The molecule has 0 saturated carbocycles. The van der Waals surface area contributed by atoms with E-state index >= 15 is 0 Å². The highest BCUT2D eigenvalue weighted by atomic mass is 32.1. The average molecular weight is 261 g/mol. The Bertz CT molecular complexity index is 551. The number of anilines is 1. The smallest absolute Gasteiger partial charge is 0.270 e. The predicted octanol–water partition coefficient (Wildman–Crippen LogP) is 2.42. The molecule has 0 aliphatic carbocycles. The summed E-state index contributed by atoms with van der Waals surface area (Å²) in [5.74, 6) is 0.535. The zero-order valence-electron chi connectivity index (χ0n) is 10.4. The van der Waals surface area contributed by atoms with Gasteiger partial charge in [0, 0.05) is 16.8 Å². The van der Waals surface area contributed by atoms with Crippen LogP contribution in [-0.2, 0) is 6.54 Å². The van der Waals surface area contributed by atoms with Crippen LogP contribution < -0.4 is 10.6 Å². The van der Waals surface area contributed by atoms with Gasteiger partial charge in [-0.25, -0.2) is 4.98 Å². The van der Waals surface area contributed by atoms with Crippen molar-refractivity contribution in [2.24, 2.45) is 0 Å². The van der Waals surface area contributed by atoms with E-state index in [4.69, 9.17) is 0 Å². The molecule has 0 bridgehead atoms. The van der Waals surface area contributed by atoms with Crippen molar-refractivity contribution in [3.05, 3.63) is 45.8 Å². The van der Waals surface area contributed by atoms with E-state index < -0.39 is 0 Å². The molecule has 0 aliphatic heterocycles. The lowest BCUT2D eigenvalue weighted by molar-refractivity contribution is 0.0946. The first-order valence-electron chi connectivity index (χ1n) is 5.67. The molecule has 2 aromatic heterocycles. The van der Waals surface area contributed by atoms with Gasteiger partial charge in [0.25, 0.3) is 5.91 Å². The summed E-state index contributed by atoms with van der Waals surface area (Å²) in [7, 11) is 1.78. The summed E-state index contributed by atoms with van der Waals surface area (Å²) in [6, 6.07) is 9.40. The van der Waals surface area contributed by atoms with Crippen LogP contribution in [0.5, 0.6) is 0 Å². The Labute approximate surface area is 110 Å². The lowest BCUT2D eigenvalue weighted by atomic mass is 10.3. The third-order valence-electron chi connectivity index (χ3n) is 2.46. The molecule has 94 valence electrons. The molecular formula is C13H15N3OS. The first kappa shape index (κ1) is 12.6. The summed E-state index contributed by atoms with van der Waals surface area (Å²) in [6.45, 7) is 2.59. The fourth-order valence-corrected chi connectivity index (χ4v) is 2.37. The van der Waals surface area contributed by atoms with Crippen LogP contribution in [-0.4, -0.2) is 17.9 Å². The van der Waals surface area contributed by atoms with E-state index in [0.29, 0.717) is 18.1 Å². The Balaban J connectivity index is 1.99. The van der Waals surface area contributed by atoms with Gasteiger partial charge in [-0.15, -0.1) is 11.3 Å².